The van der Waals surface area contributed by atoms with Crippen LogP contribution in [0.3, 0.4) is 0 Å². The Morgan fingerprint density at radius 1 is 1.42 bits per heavy atom. The number of methoxy groups -OCH3 is 1. The Labute approximate surface area is 113 Å². The number of aliphatic carboxylic acids is 1. The van der Waals surface area contributed by atoms with Crippen molar-refractivity contribution in [2.75, 3.05) is 13.7 Å². The van der Waals surface area contributed by atoms with Crippen LogP contribution in [0.25, 0.3) is 0 Å². The lowest BCUT2D eigenvalue weighted by Gasteiger charge is -2.13. The average Bonchev–Trinajstić information content (AvgIpc) is 2.42. The number of ether oxygens (including phenoxy) is 2. The molecule has 0 aliphatic carbocycles. The van der Waals surface area contributed by atoms with Crippen LogP contribution in [0, 0.1) is 0 Å². The zero-order valence-corrected chi connectivity index (χ0v) is 11.6. The van der Waals surface area contributed by atoms with E-state index in [1.165, 1.54) is 0 Å². The van der Waals surface area contributed by atoms with E-state index in [4.69, 9.17) is 14.6 Å². The second-order valence-electron chi connectivity index (χ2n) is 4.27. The highest BCUT2D eigenvalue weighted by molar-refractivity contribution is 5.72. The van der Waals surface area contributed by atoms with E-state index in [-0.39, 0.29) is 0 Å². The summed E-state index contributed by atoms with van der Waals surface area (Å²) < 4.78 is 10.8. The van der Waals surface area contributed by atoms with E-state index in [0.29, 0.717) is 24.7 Å². The lowest BCUT2D eigenvalue weighted by atomic mass is 10.2. The number of hydrogen-bond acceptors (Lipinski definition) is 4. The van der Waals surface area contributed by atoms with Crippen LogP contribution in [0.5, 0.6) is 11.5 Å². The zero-order chi connectivity index (χ0) is 14.3. The van der Waals surface area contributed by atoms with Gasteiger partial charge in [0, 0.05) is 6.54 Å². The topological polar surface area (TPSA) is 67.8 Å². The molecule has 106 valence electrons. The molecule has 0 spiro atoms. The van der Waals surface area contributed by atoms with Crippen LogP contribution >= 0.6 is 0 Å². The maximum absolute atomic E-state index is 10.7. The molecule has 0 saturated heterocycles. The second kappa shape index (κ2) is 7.63. The third-order valence-corrected chi connectivity index (χ3v) is 2.67. The standard InChI is InChI=1S/C14H21NO4/c1-4-7-19-13-8-11(5-6-12(13)18-3)9-15-10(2)14(16)17/h5-6,8,10,15H,4,7,9H2,1-3H3,(H,16,17). The number of carboxylic acids is 1. The number of nitrogens with one attached hydrogen (secondary N) is 1. The van der Waals surface area contributed by atoms with E-state index in [0.717, 1.165) is 12.0 Å². The summed E-state index contributed by atoms with van der Waals surface area (Å²) in [5.41, 5.74) is 0.958. The van der Waals surface area contributed by atoms with Crippen molar-refractivity contribution in [3.8, 4) is 11.5 Å². The molecule has 0 saturated carbocycles. The molecule has 0 aliphatic heterocycles. The molecule has 1 atom stereocenters. The summed E-state index contributed by atoms with van der Waals surface area (Å²) in [7, 11) is 1.60. The molecule has 0 radical (unpaired) electrons. The predicted molar refractivity (Wildman–Crippen MR) is 72.7 cm³/mol. The smallest absolute Gasteiger partial charge is 0.320 e. The first-order chi connectivity index (χ1) is 9.08. The fourth-order valence-electron chi connectivity index (χ4n) is 1.51. The molecule has 5 heteroatoms. The fraction of sp³-hybridized carbons (Fsp3) is 0.500. The highest BCUT2D eigenvalue weighted by atomic mass is 16.5. The van der Waals surface area contributed by atoms with Gasteiger partial charge in [-0.2, -0.15) is 0 Å². The molecule has 1 rings (SSSR count). The van der Waals surface area contributed by atoms with E-state index in [1.54, 1.807) is 14.0 Å². The monoisotopic (exact) mass is 267 g/mol. The fourth-order valence-corrected chi connectivity index (χ4v) is 1.51. The molecule has 5 nitrogen and oxygen atoms in total. The molecule has 1 aromatic rings. The number of benzene rings is 1. The highest BCUT2D eigenvalue weighted by Gasteiger charge is 2.10. The van der Waals surface area contributed by atoms with Crippen LogP contribution in [0.4, 0.5) is 0 Å². The molecule has 0 aliphatic rings. The van der Waals surface area contributed by atoms with Gasteiger partial charge in [0.25, 0.3) is 0 Å². The Kier molecular flexibility index (Phi) is 6.15. The summed E-state index contributed by atoms with van der Waals surface area (Å²) in [6, 6.07) is 5.00. The van der Waals surface area contributed by atoms with Crippen LogP contribution in [0.1, 0.15) is 25.8 Å². The lowest BCUT2D eigenvalue weighted by Crippen LogP contribution is -2.33. The highest BCUT2D eigenvalue weighted by Crippen LogP contribution is 2.28. The number of carboxylic acid groups (broad SMARTS) is 1. The van der Waals surface area contributed by atoms with Crippen LogP contribution < -0.4 is 14.8 Å². The summed E-state index contributed by atoms with van der Waals surface area (Å²) in [6.07, 6.45) is 0.918. The van der Waals surface area contributed by atoms with Gasteiger partial charge in [-0.25, -0.2) is 0 Å². The van der Waals surface area contributed by atoms with Gasteiger partial charge < -0.3 is 19.9 Å². The third-order valence-electron chi connectivity index (χ3n) is 2.67. The van der Waals surface area contributed by atoms with Gasteiger partial charge in [-0.1, -0.05) is 13.0 Å². The van der Waals surface area contributed by atoms with Gasteiger partial charge in [0.1, 0.15) is 6.04 Å². The molecule has 0 aromatic heterocycles. The van der Waals surface area contributed by atoms with E-state index >= 15 is 0 Å². The van der Waals surface area contributed by atoms with Gasteiger partial charge in [-0.3, -0.25) is 4.79 Å². The maximum Gasteiger partial charge on any atom is 0.320 e. The van der Waals surface area contributed by atoms with Gasteiger partial charge >= 0.3 is 5.97 Å². The molecule has 2 N–H and O–H groups in total. The molecule has 19 heavy (non-hydrogen) atoms. The van der Waals surface area contributed by atoms with Gasteiger partial charge in [-0.05, 0) is 31.0 Å². The Bertz CT molecular complexity index is 420. The molecule has 0 bridgehead atoms. The van der Waals surface area contributed by atoms with Gasteiger partial charge in [0.15, 0.2) is 11.5 Å². The van der Waals surface area contributed by atoms with E-state index in [1.807, 2.05) is 25.1 Å². The van der Waals surface area contributed by atoms with Gasteiger partial charge in [-0.15, -0.1) is 0 Å². The van der Waals surface area contributed by atoms with Crippen molar-refractivity contribution in [3.63, 3.8) is 0 Å². The van der Waals surface area contributed by atoms with E-state index in [2.05, 4.69) is 5.32 Å². The molecule has 0 fully saturated rings. The first-order valence-corrected chi connectivity index (χ1v) is 6.34. The first kappa shape index (κ1) is 15.3. The summed E-state index contributed by atoms with van der Waals surface area (Å²) in [5.74, 6) is 0.506. The van der Waals surface area contributed by atoms with Crippen molar-refractivity contribution in [3.05, 3.63) is 23.8 Å². The van der Waals surface area contributed by atoms with Crippen molar-refractivity contribution < 1.29 is 19.4 Å². The summed E-state index contributed by atoms with van der Waals surface area (Å²) in [5, 5.41) is 11.7. The Hall–Kier alpha value is -1.75. The van der Waals surface area contributed by atoms with Crippen LogP contribution in [0.2, 0.25) is 0 Å². The molecular formula is C14H21NO4. The van der Waals surface area contributed by atoms with E-state index in [9.17, 15) is 4.79 Å². The summed E-state index contributed by atoms with van der Waals surface area (Å²) in [6.45, 7) is 4.74. The molecular weight excluding hydrogens is 246 g/mol. The second-order valence-corrected chi connectivity index (χ2v) is 4.27. The summed E-state index contributed by atoms with van der Waals surface area (Å²) in [4.78, 5) is 10.7. The van der Waals surface area contributed by atoms with Crippen molar-refractivity contribution in [1.29, 1.82) is 0 Å². The minimum Gasteiger partial charge on any atom is -0.493 e. The molecule has 1 unspecified atom stereocenters. The normalized spacial score (nSPS) is 11.9. The quantitative estimate of drug-likeness (QED) is 0.754. The van der Waals surface area contributed by atoms with Crippen LogP contribution in [-0.2, 0) is 11.3 Å². The predicted octanol–water partition coefficient (Wildman–Crippen LogP) is 2.05. The number of hydrogen-bond donors (Lipinski definition) is 2. The third kappa shape index (κ3) is 4.79. The first-order valence-electron chi connectivity index (χ1n) is 6.34. The zero-order valence-electron chi connectivity index (χ0n) is 11.6. The van der Waals surface area contributed by atoms with Gasteiger partial charge in [0.05, 0.1) is 13.7 Å². The Balaban J connectivity index is 2.71. The van der Waals surface area contributed by atoms with Crippen molar-refractivity contribution in [1.82, 2.24) is 5.32 Å². The molecule has 0 amide bonds. The SMILES string of the molecule is CCCOc1cc(CNC(C)C(=O)O)ccc1OC. The molecule has 1 aromatic carbocycles. The Morgan fingerprint density at radius 2 is 2.16 bits per heavy atom. The van der Waals surface area contributed by atoms with E-state index < -0.39 is 12.0 Å². The maximum atomic E-state index is 10.7. The number of rotatable bonds is 8. The minimum absolute atomic E-state index is 0.472. The largest absolute Gasteiger partial charge is 0.493 e. The summed E-state index contributed by atoms with van der Waals surface area (Å²) >= 11 is 0. The Morgan fingerprint density at radius 3 is 2.74 bits per heavy atom. The van der Waals surface area contributed by atoms with Crippen LogP contribution in [-0.4, -0.2) is 30.8 Å². The van der Waals surface area contributed by atoms with Crippen molar-refractivity contribution in [2.24, 2.45) is 0 Å². The lowest BCUT2D eigenvalue weighted by molar-refractivity contribution is -0.139. The van der Waals surface area contributed by atoms with Crippen molar-refractivity contribution >= 4 is 5.97 Å². The van der Waals surface area contributed by atoms with Gasteiger partial charge in [0.2, 0.25) is 0 Å². The number of carbonyl (C=O) groups is 1. The average molecular weight is 267 g/mol. The molecule has 0 heterocycles. The minimum atomic E-state index is -0.865. The van der Waals surface area contributed by atoms with Crippen molar-refractivity contribution in [2.45, 2.75) is 32.9 Å². The van der Waals surface area contributed by atoms with Crippen LogP contribution in [0.15, 0.2) is 18.2 Å².